The molecule has 2 aromatic heterocycles. The highest BCUT2D eigenvalue weighted by molar-refractivity contribution is 6.30. The Morgan fingerprint density at radius 1 is 1.44 bits per heavy atom. The second-order valence-corrected chi connectivity index (χ2v) is 4.62. The van der Waals surface area contributed by atoms with E-state index in [0.29, 0.717) is 11.1 Å². The average Bonchev–Trinajstić information content (AvgIpc) is 2.57. The van der Waals surface area contributed by atoms with E-state index in [4.69, 9.17) is 11.6 Å². The van der Waals surface area contributed by atoms with Crippen LogP contribution in [0, 0.1) is 0 Å². The van der Waals surface area contributed by atoms with Gasteiger partial charge >= 0.3 is 0 Å². The Morgan fingerprint density at radius 3 is 3.06 bits per heavy atom. The molecule has 84 valence electrons. The van der Waals surface area contributed by atoms with Crippen LogP contribution in [0.3, 0.4) is 0 Å². The topological polar surface area (TPSA) is 42.2 Å². The maximum atomic E-state index is 5.88. The molecule has 0 spiro atoms. The molecule has 1 saturated carbocycles. The molecule has 0 aliphatic heterocycles. The standard InChI is InChI=1S/C11H13ClN4/c12-8-4-5-11-14-10(15-16(11)7-8)6-13-9-2-1-3-9/h4-5,7,9,13H,1-3,6H2. The maximum absolute atomic E-state index is 5.88. The lowest BCUT2D eigenvalue weighted by Crippen LogP contribution is -2.34. The molecule has 1 N–H and O–H groups in total. The van der Waals surface area contributed by atoms with Gasteiger partial charge < -0.3 is 5.32 Å². The van der Waals surface area contributed by atoms with Gasteiger partial charge in [-0.3, -0.25) is 0 Å². The van der Waals surface area contributed by atoms with Crippen LogP contribution in [0.1, 0.15) is 25.1 Å². The van der Waals surface area contributed by atoms with E-state index in [1.165, 1.54) is 19.3 Å². The van der Waals surface area contributed by atoms with E-state index in [9.17, 15) is 0 Å². The first-order valence-corrected chi connectivity index (χ1v) is 5.93. The summed E-state index contributed by atoms with van der Waals surface area (Å²) in [6.45, 7) is 0.740. The molecule has 16 heavy (non-hydrogen) atoms. The SMILES string of the molecule is Clc1ccc2nc(CNC3CCC3)nn2c1. The smallest absolute Gasteiger partial charge is 0.165 e. The third-order valence-electron chi connectivity index (χ3n) is 2.99. The Balaban J connectivity index is 1.76. The van der Waals surface area contributed by atoms with Crippen molar-refractivity contribution in [2.24, 2.45) is 0 Å². The van der Waals surface area contributed by atoms with Crippen LogP contribution >= 0.6 is 11.6 Å². The first-order valence-electron chi connectivity index (χ1n) is 5.55. The van der Waals surface area contributed by atoms with E-state index in [1.54, 1.807) is 10.7 Å². The fraction of sp³-hybridized carbons (Fsp3) is 0.455. The minimum atomic E-state index is 0.662. The maximum Gasteiger partial charge on any atom is 0.165 e. The van der Waals surface area contributed by atoms with Gasteiger partial charge in [-0.2, -0.15) is 0 Å². The molecule has 1 aliphatic rings. The zero-order valence-corrected chi connectivity index (χ0v) is 9.61. The normalized spacial score (nSPS) is 16.6. The van der Waals surface area contributed by atoms with Gasteiger partial charge in [0.25, 0.3) is 0 Å². The zero-order valence-electron chi connectivity index (χ0n) is 8.86. The van der Waals surface area contributed by atoms with Gasteiger partial charge in [-0.05, 0) is 25.0 Å². The average molecular weight is 237 g/mol. The van der Waals surface area contributed by atoms with E-state index < -0.39 is 0 Å². The lowest BCUT2D eigenvalue weighted by Gasteiger charge is -2.25. The Kier molecular flexibility index (Phi) is 2.53. The van der Waals surface area contributed by atoms with E-state index in [0.717, 1.165) is 18.0 Å². The van der Waals surface area contributed by atoms with Gasteiger partial charge in [-0.15, -0.1) is 5.10 Å². The fourth-order valence-corrected chi connectivity index (χ4v) is 1.98. The van der Waals surface area contributed by atoms with Gasteiger partial charge in [0.15, 0.2) is 11.5 Å². The first kappa shape index (κ1) is 10.1. The van der Waals surface area contributed by atoms with Crippen molar-refractivity contribution >= 4 is 17.2 Å². The van der Waals surface area contributed by atoms with Gasteiger partial charge in [0.05, 0.1) is 11.6 Å². The van der Waals surface area contributed by atoms with Crippen LogP contribution in [-0.4, -0.2) is 20.6 Å². The summed E-state index contributed by atoms with van der Waals surface area (Å²) in [6.07, 6.45) is 5.67. The molecule has 2 heterocycles. The van der Waals surface area contributed by atoms with Crippen LogP contribution in [0.15, 0.2) is 18.3 Å². The molecule has 0 saturated heterocycles. The van der Waals surface area contributed by atoms with Crippen LogP contribution in [0.4, 0.5) is 0 Å². The minimum absolute atomic E-state index is 0.662. The van der Waals surface area contributed by atoms with Gasteiger partial charge in [0.2, 0.25) is 0 Å². The highest BCUT2D eigenvalue weighted by atomic mass is 35.5. The number of pyridine rings is 1. The van der Waals surface area contributed by atoms with Crippen LogP contribution in [-0.2, 0) is 6.54 Å². The monoisotopic (exact) mass is 236 g/mol. The summed E-state index contributed by atoms with van der Waals surface area (Å²) in [5.41, 5.74) is 0.842. The van der Waals surface area contributed by atoms with E-state index in [2.05, 4.69) is 15.4 Å². The van der Waals surface area contributed by atoms with Crippen molar-refractivity contribution in [3.63, 3.8) is 0 Å². The summed E-state index contributed by atoms with van der Waals surface area (Å²) < 4.78 is 1.72. The number of halogens is 1. The Morgan fingerprint density at radius 2 is 2.31 bits per heavy atom. The van der Waals surface area contributed by atoms with Crippen LogP contribution < -0.4 is 5.32 Å². The Hall–Kier alpha value is -1.13. The summed E-state index contributed by atoms with van der Waals surface area (Å²) in [4.78, 5) is 4.41. The molecule has 5 heteroatoms. The van der Waals surface area contributed by atoms with Gasteiger partial charge in [0.1, 0.15) is 0 Å². The first-order chi connectivity index (χ1) is 7.81. The minimum Gasteiger partial charge on any atom is -0.307 e. The summed E-state index contributed by atoms with van der Waals surface area (Å²) in [6, 6.07) is 4.37. The second kappa shape index (κ2) is 4.03. The van der Waals surface area contributed by atoms with Crippen molar-refractivity contribution in [3.8, 4) is 0 Å². The number of nitrogens with one attached hydrogen (secondary N) is 1. The fourth-order valence-electron chi connectivity index (χ4n) is 1.83. The zero-order chi connectivity index (χ0) is 11.0. The van der Waals surface area contributed by atoms with Crippen molar-refractivity contribution in [2.45, 2.75) is 31.8 Å². The van der Waals surface area contributed by atoms with Crippen LogP contribution in [0.2, 0.25) is 5.02 Å². The molecule has 0 radical (unpaired) electrons. The number of rotatable bonds is 3. The largest absolute Gasteiger partial charge is 0.307 e. The number of nitrogens with zero attached hydrogens (tertiary/aromatic N) is 3. The van der Waals surface area contributed by atoms with E-state index in [-0.39, 0.29) is 0 Å². The molecule has 0 amide bonds. The lowest BCUT2D eigenvalue weighted by atomic mass is 9.93. The van der Waals surface area contributed by atoms with Gasteiger partial charge in [0, 0.05) is 12.2 Å². The highest BCUT2D eigenvalue weighted by Gasteiger charge is 2.17. The van der Waals surface area contributed by atoms with Crippen molar-refractivity contribution in [2.75, 3.05) is 0 Å². The predicted octanol–water partition coefficient (Wildman–Crippen LogP) is 2.02. The molecular weight excluding hydrogens is 224 g/mol. The highest BCUT2D eigenvalue weighted by Crippen LogP contribution is 2.18. The summed E-state index contributed by atoms with van der Waals surface area (Å²) in [5, 5.41) is 8.48. The molecule has 0 aromatic carbocycles. The van der Waals surface area contributed by atoms with Gasteiger partial charge in [-0.25, -0.2) is 9.50 Å². The quantitative estimate of drug-likeness (QED) is 0.887. The predicted molar refractivity (Wildman–Crippen MR) is 62.5 cm³/mol. The molecule has 2 aromatic rings. The summed E-state index contributed by atoms with van der Waals surface area (Å²) >= 11 is 5.88. The molecule has 1 aliphatic carbocycles. The number of aromatic nitrogens is 3. The third-order valence-corrected chi connectivity index (χ3v) is 3.22. The number of fused-ring (bicyclic) bond motifs is 1. The molecule has 3 rings (SSSR count). The van der Waals surface area contributed by atoms with Gasteiger partial charge in [-0.1, -0.05) is 18.0 Å². The van der Waals surface area contributed by atoms with Crippen LogP contribution in [0.25, 0.3) is 5.65 Å². The molecule has 0 unspecified atom stereocenters. The second-order valence-electron chi connectivity index (χ2n) is 4.19. The molecule has 4 nitrogen and oxygen atoms in total. The Bertz CT molecular complexity index is 504. The molecular formula is C11H13ClN4. The summed E-state index contributed by atoms with van der Waals surface area (Å²) in [7, 11) is 0. The van der Waals surface area contributed by atoms with Crippen molar-refractivity contribution in [1.29, 1.82) is 0 Å². The number of hydrogen-bond acceptors (Lipinski definition) is 3. The molecule has 0 bridgehead atoms. The summed E-state index contributed by atoms with van der Waals surface area (Å²) in [5.74, 6) is 0.828. The Labute approximate surface area is 98.6 Å². The van der Waals surface area contributed by atoms with E-state index in [1.807, 2.05) is 12.1 Å². The number of hydrogen-bond donors (Lipinski definition) is 1. The lowest BCUT2D eigenvalue weighted by molar-refractivity contribution is 0.335. The molecule has 1 fully saturated rings. The van der Waals surface area contributed by atoms with Crippen LogP contribution in [0.5, 0.6) is 0 Å². The van der Waals surface area contributed by atoms with Crippen molar-refractivity contribution in [3.05, 3.63) is 29.2 Å². The van der Waals surface area contributed by atoms with E-state index >= 15 is 0 Å². The van der Waals surface area contributed by atoms with Crippen molar-refractivity contribution < 1.29 is 0 Å². The molecule has 0 atom stereocenters. The van der Waals surface area contributed by atoms with Crippen molar-refractivity contribution in [1.82, 2.24) is 19.9 Å². The third kappa shape index (κ3) is 1.90.